The largest absolute Gasteiger partial charge is 0.383 e. The minimum Gasteiger partial charge on any atom is -0.383 e. The van der Waals surface area contributed by atoms with Gasteiger partial charge >= 0.3 is 0 Å². The van der Waals surface area contributed by atoms with Gasteiger partial charge in [-0.25, -0.2) is 9.97 Å². The first-order valence-electron chi connectivity index (χ1n) is 7.26. The van der Waals surface area contributed by atoms with Crippen LogP contribution in [-0.2, 0) is 4.79 Å². The molecule has 2 rings (SSSR count). The van der Waals surface area contributed by atoms with E-state index in [4.69, 9.17) is 11.6 Å². The summed E-state index contributed by atoms with van der Waals surface area (Å²) in [7, 11) is 1.81. The minimum absolute atomic E-state index is 0.0397. The smallest absolute Gasteiger partial charge is 0.225 e. The predicted octanol–water partition coefficient (Wildman–Crippen LogP) is 1.87. The van der Waals surface area contributed by atoms with Crippen LogP contribution in [0.5, 0.6) is 0 Å². The van der Waals surface area contributed by atoms with Crippen molar-refractivity contribution < 1.29 is 4.79 Å². The molecule has 7 heteroatoms. The summed E-state index contributed by atoms with van der Waals surface area (Å²) < 4.78 is 0. The van der Waals surface area contributed by atoms with E-state index in [1.165, 1.54) is 6.33 Å². The first-order chi connectivity index (χ1) is 10.0. The summed E-state index contributed by atoms with van der Waals surface area (Å²) in [5, 5.41) is 3.47. The highest BCUT2D eigenvalue weighted by molar-refractivity contribution is 6.32. The summed E-state index contributed by atoms with van der Waals surface area (Å²) in [5.41, 5.74) is 0.739. The van der Waals surface area contributed by atoms with Gasteiger partial charge in [-0.1, -0.05) is 25.4 Å². The summed E-state index contributed by atoms with van der Waals surface area (Å²) in [4.78, 5) is 24.6. The van der Waals surface area contributed by atoms with Crippen LogP contribution in [0.1, 0.15) is 20.3 Å². The summed E-state index contributed by atoms with van der Waals surface area (Å²) >= 11 is 6.11. The molecule has 116 valence electrons. The van der Waals surface area contributed by atoms with Gasteiger partial charge in [-0.15, -0.1) is 0 Å². The molecule has 1 aromatic heterocycles. The fourth-order valence-electron chi connectivity index (χ4n) is 2.53. The van der Waals surface area contributed by atoms with Crippen molar-refractivity contribution in [2.75, 3.05) is 43.4 Å². The highest BCUT2D eigenvalue weighted by Gasteiger charge is 2.23. The van der Waals surface area contributed by atoms with E-state index >= 15 is 0 Å². The third-order valence-corrected chi connectivity index (χ3v) is 3.92. The zero-order chi connectivity index (χ0) is 15.4. The summed E-state index contributed by atoms with van der Waals surface area (Å²) in [6, 6.07) is 0. The first kappa shape index (κ1) is 15.8. The molecule has 1 N–H and O–H groups in total. The monoisotopic (exact) mass is 311 g/mol. The number of hydrogen-bond acceptors (Lipinski definition) is 5. The molecule has 2 heterocycles. The lowest BCUT2D eigenvalue weighted by atomic mass is 10.2. The number of carbonyl (C=O) groups is 1. The van der Waals surface area contributed by atoms with Crippen molar-refractivity contribution in [2.24, 2.45) is 5.92 Å². The van der Waals surface area contributed by atoms with Crippen LogP contribution in [0, 0.1) is 5.92 Å². The Kier molecular flexibility index (Phi) is 5.22. The Balaban J connectivity index is 2.13. The van der Waals surface area contributed by atoms with Crippen LogP contribution in [0.15, 0.2) is 6.33 Å². The van der Waals surface area contributed by atoms with Gasteiger partial charge < -0.3 is 15.1 Å². The lowest BCUT2D eigenvalue weighted by Gasteiger charge is -2.25. The number of amides is 1. The van der Waals surface area contributed by atoms with Crippen LogP contribution < -0.4 is 10.2 Å². The third-order valence-electron chi connectivity index (χ3n) is 3.63. The number of nitrogens with zero attached hydrogens (tertiary/aromatic N) is 4. The Morgan fingerprint density at radius 3 is 2.71 bits per heavy atom. The highest BCUT2D eigenvalue weighted by atomic mass is 35.5. The first-order valence-corrected chi connectivity index (χ1v) is 7.64. The van der Waals surface area contributed by atoms with Gasteiger partial charge in [0.15, 0.2) is 11.0 Å². The van der Waals surface area contributed by atoms with Crippen LogP contribution in [-0.4, -0.2) is 54.0 Å². The Labute approximate surface area is 130 Å². The lowest BCUT2D eigenvalue weighted by Crippen LogP contribution is -2.37. The van der Waals surface area contributed by atoms with Crippen molar-refractivity contribution in [3.05, 3.63) is 11.5 Å². The average Bonchev–Trinajstić information content (AvgIpc) is 2.71. The van der Waals surface area contributed by atoms with Gasteiger partial charge in [0.2, 0.25) is 5.91 Å². The van der Waals surface area contributed by atoms with Crippen molar-refractivity contribution in [3.8, 4) is 0 Å². The molecular formula is C14H22ClN5O. The fourth-order valence-corrected chi connectivity index (χ4v) is 2.75. The second-order valence-electron chi connectivity index (χ2n) is 5.43. The number of aromatic nitrogens is 2. The second-order valence-corrected chi connectivity index (χ2v) is 5.79. The second kappa shape index (κ2) is 6.93. The number of hydrogen-bond donors (Lipinski definition) is 1. The van der Waals surface area contributed by atoms with Crippen LogP contribution >= 0.6 is 11.6 Å². The third kappa shape index (κ3) is 3.56. The van der Waals surface area contributed by atoms with E-state index in [9.17, 15) is 4.79 Å². The molecule has 1 saturated heterocycles. The Morgan fingerprint density at radius 2 is 2.05 bits per heavy atom. The van der Waals surface area contributed by atoms with Crippen LogP contribution in [0.2, 0.25) is 5.15 Å². The number of halogens is 1. The molecule has 0 radical (unpaired) electrons. The standard InChI is InChI=1S/C14H22ClN5O/c1-10(2)14(21)20-6-4-5-19(7-8-20)13-11(16-3)12(15)17-9-18-13/h9-10,16H,4-8H2,1-3H3. The van der Waals surface area contributed by atoms with Crippen molar-refractivity contribution in [2.45, 2.75) is 20.3 Å². The van der Waals surface area contributed by atoms with E-state index in [-0.39, 0.29) is 11.8 Å². The average molecular weight is 312 g/mol. The molecule has 1 fully saturated rings. The molecule has 21 heavy (non-hydrogen) atoms. The molecule has 0 aromatic carbocycles. The number of anilines is 2. The zero-order valence-electron chi connectivity index (χ0n) is 12.8. The number of nitrogens with one attached hydrogen (secondary N) is 1. The van der Waals surface area contributed by atoms with E-state index < -0.39 is 0 Å². The van der Waals surface area contributed by atoms with E-state index in [1.807, 2.05) is 18.7 Å². The van der Waals surface area contributed by atoms with Gasteiger partial charge in [0, 0.05) is 39.1 Å². The van der Waals surface area contributed by atoms with Gasteiger partial charge in [0.25, 0.3) is 0 Å². The number of carbonyl (C=O) groups excluding carboxylic acids is 1. The Hall–Kier alpha value is -1.56. The van der Waals surface area contributed by atoms with Crippen LogP contribution in [0.25, 0.3) is 0 Å². The van der Waals surface area contributed by atoms with Crippen molar-refractivity contribution >= 4 is 29.0 Å². The molecule has 1 aliphatic rings. The molecule has 1 aliphatic heterocycles. The Morgan fingerprint density at radius 1 is 1.29 bits per heavy atom. The highest BCUT2D eigenvalue weighted by Crippen LogP contribution is 2.29. The molecule has 0 aliphatic carbocycles. The quantitative estimate of drug-likeness (QED) is 0.864. The summed E-state index contributed by atoms with van der Waals surface area (Å²) in [6.45, 7) is 6.98. The summed E-state index contributed by atoms with van der Waals surface area (Å²) in [5.74, 6) is 1.06. The molecular weight excluding hydrogens is 290 g/mol. The van der Waals surface area contributed by atoms with E-state index in [2.05, 4.69) is 20.2 Å². The van der Waals surface area contributed by atoms with Gasteiger partial charge in [-0.3, -0.25) is 4.79 Å². The van der Waals surface area contributed by atoms with E-state index in [0.29, 0.717) is 11.7 Å². The zero-order valence-corrected chi connectivity index (χ0v) is 13.5. The van der Waals surface area contributed by atoms with E-state index in [1.54, 1.807) is 7.05 Å². The van der Waals surface area contributed by atoms with Gasteiger partial charge in [0.1, 0.15) is 12.0 Å². The molecule has 0 atom stereocenters. The van der Waals surface area contributed by atoms with Crippen LogP contribution in [0.3, 0.4) is 0 Å². The molecule has 0 spiro atoms. The molecule has 1 amide bonds. The predicted molar refractivity (Wildman–Crippen MR) is 84.8 cm³/mol. The van der Waals surface area contributed by atoms with Crippen LogP contribution in [0.4, 0.5) is 11.5 Å². The Bertz CT molecular complexity index is 508. The van der Waals surface area contributed by atoms with Crippen molar-refractivity contribution in [1.82, 2.24) is 14.9 Å². The van der Waals surface area contributed by atoms with E-state index in [0.717, 1.165) is 37.6 Å². The maximum atomic E-state index is 12.1. The normalized spacial score (nSPS) is 16.0. The number of rotatable bonds is 3. The maximum absolute atomic E-state index is 12.1. The SMILES string of the molecule is CNc1c(Cl)ncnc1N1CCCN(C(=O)C(C)C)CC1. The minimum atomic E-state index is 0.0397. The van der Waals surface area contributed by atoms with Gasteiger partial charge in [-0.05, 0) is 6.42 Å². The molecule has 6 nitrogen and oxygen atoms in total. The van der Waals surface area contributed by atoms with Crippen molar-refractivity contribution in [1.29, 1.82) is 0 Å². The van der Waals surface area contributed by atoms with Gasteiger partial charge in [0.05, 0.1) is 0 Å². The molecule has 0 unspecified atom stereocenters. The molecule has 0 saturated carbocycles. The maximum Gasteiger partial charge on any atom is 0.225 e. The summed E-state index contributed by atoms with van der Waals surface area (Å²) in [6.07, 6.45) is 2.39. The fraction of sp³-hybridized carbons (Fsp3) is 0.643. The lowest BCUT2D eigenvalue weighted by molar-refractivity contribution is -0.134. The van der Waals surface area contributed by atoms with Crippen molar-refractivity contribution in [3.63, 3.8) is 0 Å². The molecule has 0 bridgehead atoms. The molecule has 1 aromatic rings. The van der Waals surface area contributed by atoms with Gasteiger partial charge in [-0.2, -0.15) is 0 Å². The topological polar surface area (TPSA) is 61.4 Å².